The van der Waals surface area contributed by atoms with Crippen LogP contribution in [-0.2, 0) is 0 Å². The summed E-state index contributed by atoms with van der Waals surface area (Å²) < 4.78 is 0. The molecule has 1 aliphatic heterocycles. The van der Waals surface area contributed by atoms with Crippen molar-refractivity contribution in [2.75, 3.05) is 6.54 Å². The Bertz CT molecular complexity index is 126. The van der Waals surface area contributed by atoms with Gasteiger partial charge in [-0.05, 0) is 38.1 Å². The molecule has 0 bridgehead atoms. The van der Waals surface area contributed by atoms with Crippen molar-refractivity contribution in [3.63, 3.8) is 0 Å². The molecule has 1 saturated carbocycles. The number of rotatable bonds is 0. The van der Waals surface area contributed by atoms with E-state index in [1.54, 1.807) is 0 Å². The van der Waals surface area contributed by atoms with Gasteiger partial charge in [-0.1, -0.05) is 0 Å². The summed E-state index contributed by atoms with van der Waals surface area (Å²) in [5.41, 5.74) is 0. The fraction of sp³-hybridized carbons (Fsp3) is 1.00. The Kier molecular flexibility index (Phi) is 1.66. The fourth-order valence-corrected chi connectivity index (χ4v) is 2.02. The van der Waals surface area contributed by atoms with Gasteiger partial charge in [0.05, 0.1) is 6.10 Å². The smallest absolute Gasteiger partial charge is 0.0555 e. The van der Waals surface area contributed by atoms with Gasteiger partial charge in [-0.15, -0.1) is 0 Å². The summed E-state index contributed by atoms with van der Waals surface area (Å²) >= 11 is 0. The molecule has 0 radical (unpaired) electrons. The summed E-state index contributed by atoms with van der Waals surface area (Å²) in [5, 5.41) is 12.8. The van der Waals surface area contributed by atoms with Gasteiger partial charge in [0.2, 0.25) is 0 Å². The van der Waals surface area contributed by atoms with Crippen molar-refractivity contribution in [2.45, 2.75) is 37.8 Å². The Morgan fingerprint density at radius 3 is 2.80 bits per heavy atom. The lowest BCUT2D eigenvalue weighted by Gasteiger charge is -2.35. The van der Waals surface area contributed by atoms with Crippen molar-refractivity contribution in [1.82, 2.24) is 5.32 Å². The second-order valence-corrected chi connectivity index (χ2v) is 3.58. The third-order valence-corrected chi connectivity index (χ3v) is 2.88. The highest BCUT2D eigenvalue weighted by Gasteiger charge is 2.33. The van der Waals surface area contributed by atoms with Gasteiger partial charge in [0.1, 0.15) is 0 Å². The molecule has 0 amide bonds. The molecule has 0 spiro atoms. The van der Waals surface area contributed by atoms with Crippen LogP contribution in [-0.4, -0.2) is 23.8 Å². The van der Waals surface area contributed by atoms with Crippen LogP contribution >= 0.6 is 0 Å². The molecule has 1 aliphatic carbocycles. The van der Waals surface area contributed by atoms with Gasteiger partial charge >= 0.3 is 0 Å². The van der Waals surface area contributed by atoms with E-state index in [1.165, 1.54) is 12.8 Å². The van der Waals surface area contributed by atoms with Crippen LogP contribution in [0, 0.1) is 5.92 Å². The van der Waals surface area contributed by atoms with Crippen molar-refractivity contribution in [3.05, 3.63) is 0 Å². The molecular weight excluding hydrogens is 126 g/mol. The Balaban J connectivity index is 1.93. The number of hydrogen-bond donors (Lipinski definition) is 2. The summed E-state index contributed by atoms with van der Waals surface area (Å²) in [6.45, 7) is 1.02. The minimum absolute atomic E-state index is 0.0252. The highest BCUT2D eigenvalue weighted by molar-refractivity contribution is 4.90. The molecule has 0 aromatic rings. The molecule has 1 saturated heterocycles. The molecule has 2 fully saturated rings. The molecule has 0 aromatic heterocycles. The molecule has 3 atom stereocenters. The zero-order valence-corrected chi connectivity index (χ0v) is 6.21. The van der Waals surface area contributed by atoms with Crippen molar-refractivity contribution in [1.29, 1.82) is 0 Å². The van der Waals surface area contributed by atoms with Crippen molar-refractivity contribution in [2.24, 2.45) is 5.92 Å². The Hall–Kier alpha value is -0.0800. The Morgan fingerprint density at radius 2 is 2.10 bits per heavy atom. The summed E-state index contributed by atoms with van der Waals surface area (Å²) in [7, 11) is 0. The number of nitrogens with one attached hydrogen (secondary N) is 1. The molecule has 2 aliphatic rings. The first-order valence-corrected chi connectivity index (χ1v) is 4.28. The summed E-state index contributed by atoms with van der Waals surface area (Å²) in [6, 6.07) is 0.747. The van der Waals surface area contributed by atoms with E-state index < -0.39 is 0 Å². The van der Waals surface area contributed by atoms with Gasteiger partial charge in [-0.25, -0.2) is 0 Å². The monoisotopic (exact) mass is 141 g/mol. The van der Waals surface area contributed by atoms with Crippen LogP contribution in [0.4, 0.5) is 0 Å². The molecule has 10 heavy (non-hydrogen) atoms. The largest absolute Gasteiger partial charge is 0.393 e. The highest BCUT2D eigenvalue weighted by Crippen LogP contribution is 2.33. The van der Waals surface area contributed by atoms with Gasteiger partial charge in [0.25, 0.3) is 0 Å². The van der Waals surface area contributed by atoms with E-state index in [0.717, 1.165) is 31.3 Å². The first kappa shape index (κ1) is 6.62. The van der Waals surface area contributed by atoms with Gasteiger partial charge in [-0.2, -0.15) is 0 Å². The van der Waals surface area contributed by atoms with Gasteiger partial charge < -0.3 is 10.4 Å². The van der Waals surface area contributed by atoms with E-state index in [-0.39, 0.29) is 6.10 Å². The average Bonchev–Trinajstić information content (AvgIpc) is 1.99. The molecule has 2 heteroatoms. The first-order chi connectivity index (χ1) is 4.86. The van der Waals surface area contributed by atoms with E-state index in [1.807, 2.05) is 0 Å². The predicted molar refractivity (Wildman–Crippen MR) is 39.8 cm³/mol. The van der Waals surface area contributed by atoms with Crippen LogP contribution in [0.25, 0.3) is 0 Å². The quantitative estimate of drug-likeness (QED) is 0.515. The van der Waals surface area contributed by atoms with E-state index in [4.69, 9.17) is 0 Å². The van der Waals surface area contributed by atoms with E-state index in [0.29, 0.717) is 0 Å². The minimum atomic E-state index is -0.0252. The standard InChI is InChI=1S/C8H15NO/c10-7-3-4-9-8-2-1-6(8)5-7/h6-10H,1-5H2. The van der Waals surface area contributed by atoms with Gasteiger partial charge in [0, 0.05) is 6.04 Å². The number of aliphatic hydroxyl groups is 1. The molecule has 3 unspecified atom stereocenters. The van der Waals surface area contributed by atoms with Crippen molar-refractivity contribution in [3.8, 4) is 0 Å². The summed E-state index contributed by atoms with van der Waals surface area (Å²) in [6.07, 6.45) is 4.62. The van der Waals surface area contributed by atoms with E-state index in [9.17, 15) is 5.11 Å². The lowest BCUT2D eigenvalue weighted by molar-refractivity contribution is 0.116. The number of hydrogen-bond acceptors (Lipinski definition) is 2. The van der Waals surface area contributed by atoms with Crippen LogP contribution < -0.4 is 5.32 Å². The normalized spacial score (nSPS) is 47.1. The molecule has 0 aromatic carbocycles. The fourth-order valence-electron chi connectivity index (χ4n) is 2.02. The third-order valence-electron chi connectivity index (χ3n) is 2.88. The molecule has 2 rings (SSSR count). The van der Waals surface area contributed by atoms with Crippen LogP contribution in [0.5, 0.6) is 0 Å². The zero-order chi connectivity index (χ0) is 6.97. The van der Waals surface area contributed by atoms with Crippen LogP contribution in [0.2, 0.25) is 0 Å². The summed E-state index contributed by atoms with van der Waals surface area (Å²) in [5.74, 6) is 0.789. The topological polar surface area (TPSA) is 32.3 Å². The van der Waals surface area contributed by atoms with Crippen molar-refractivity contribution < 1.29 is 5.11 Å². The predicted octanol–water partition coefficient (Wildman–Crippen LogP) is 0.509. The lowest BCUT2D eigenvalue weighted by Crippen LogP contribution is -2.42. The van der Waals surface area contributed by atoms with E-state index in [2.05, 4.69) is 5.32 Å². The van der Waals surface area contributed by atoms with Crippen LogP contribution in [0.3, 0.4) is 0 Å². The first-order valence-electron chi connectivity index (χ1n) is 4.28. The maximum atomic E-state index is 9.37. The van der Waals surface area contributed by atoms with E-state index >= 15 is 0 Å². The number of fused-ring (bicyclic) bond motifs is 1. The minimum Gasteiger partial charge on any atom is -0.393 e. The van der Waals surface area contributed by atoms with Gasteiger partial charge in [-0.3, -0.25) is 0 Å². The average molecular weight is 141 g/mol. The number of aliphatic hydroxyl groups excluding tert-OH is 1. The lowest BCUT2D eigenvalue weighted by atomic mass is 9.77. The maximum absolute atomic E-state index is 9.37. The van der Waals surface area contributed by atoms with Crippen LogP contribution in [0.15, 0.2) is 0 Å². The molecule has 1 heterocycles. The molecule has 2 nitrogen and oxygen atoms in total. The SMILES string of the molecule is OC1CCNC2CCC2C1. The second kappa shape index (κ2) is 2.51. The highest BCUT2D eigenvalue weighted by atomic mass is 16.3. The molecular formula is C8H15NO. The Labute approximate surface area is 61.6 Å². The second-order valence-electron chi connectivity index (χ2n) is 3.58. The zero-order valence-electron chi connectivity index (χ0n) is 6.21. The Morgan fingerprint density at radius 1 is 1.20 bits per heavy atom. The molecule has 58 valence electrons. The summed E-state index contributed by atoms with van der Waals surface area (Å²) in [4.78, 5) is 0. The van der Waals surface area contributed by atoms with Gasteiger partial charge in [0.15, 0.2) is 0 Å². The third kappa shape index (κ3) is 1.06. The van der Waals surface area contributed by atoms with Crippen molar-refractivity contribution >= 4 is 0 Å². The van der Waals surface area contributed by atoms with Crippen LogP contribution in [0.1, 0.15) is 25.7 Å². The maximum Gasteiger partial charge on any atom is 0.0555 e. The molecule has 2 N–H and O–H groups in total.